The quantitative estimate of drug-likeness (QED) is 0.357. The number of carbonyl (C=O) groups excluding carboxylic acids is 3. The molecule has 0 saturated carbocycles. The number of methoxy groups -OCH3 is 1. The molecule has 0 fully saturated rings. The van der Waals surface area contributed by atoms with E-state index in [1.807, 2.05) is 38.1 Å². The van der Waals surface area contributed by atoms with E-state index in [2.05, 4.69) is 5.32 Å². The molecular formula is C27H27NO5. The highest BCUT2D eigenvalue weighted by Crippen LogP contribution is 2.20. The highest BCUT2D eigenvalue weighted by molar-refractivity contribution is 6.01. The molecule has 0 unspecified atom stereocenters. The van der Waals surface area contributed by atoms with Gasteiger partial charge in [0, 0.05) is 23.2 Å². The van der Waals surface area contributed by atoms with Crippen LogP contribution in [0.15, 0.2) is 72.8 Å². The first-order chi connectivity index (χ1) is 15.9. The minimum Gasteiger partial charge on any atom is -0.497 e. The van der Waals surface area contributed by atoms with E-state index in [0.717, 1.165) is 16.8 Å². The zero-order valence-electron chi connectivity index (χ0n) is 19.0. The lowest BCUT2D eigenvalue weighted by Crippen LogP contribution is -2.35. The zero-order chi connectivity index (χ0) is 23.8. The maximum atomic E-state index is 12.9. The molecule has 6 nitrogen and oxygen atoms in total. The molecule has 0 aliphatic carbocycles. The van der Waals surface area contributed by atoms with Gasteiger partial charge in [0.05, 0.1) is 7.11 Å². The van der Waals surface area contributed by atoms with Crippen molar-refractivity contribution in [1.29, 1.82) is 0 Å². The Labute approximate surface area is 193 Å². The van der Waals surface area contributed by atoms with E-state index in [9.17, 15) is 14.4 Å². The van der Waals surface area contributed by atoms with Gasteiger partial charge in [0.15, 0.2) is 18.2 Å². The van der Waals surface area contributed by atoms with Crippen molar-refractivity contribution in [3.63, 3.8) is 0 Å². The first kappa shape index (κ1) is 23.7. The molecule has 0 radical (unpaired) electrons. The number of ether oxygens (including phenoxy) is 2. The van der Waals surface area contributed by atoms with E-state index >= 15 is 0 Å². The van der Waals surface area contributed by atoms with Crippen LogP contribution < -0.4 is 10.1 Å². The predicted molar refractivity (Wildman–Crippen MR) is 127 cm³/mol. The molecule has 3 aromatic carbocycles. The highest BCUT2D eigenvalue weighted by Gasteiger charge is 2.25. The van der Waals surface area contributed by atoms with Gasteiger partial charge in [-0.05, 0) is 55.3 Å². The first-order valence-corrected chi connectivity index (χ1v) is 10.6. The van der Waals surface area contributed by atoms with Crippen molar-refractivity contribution in [1.82, 2.24) is 0 Å². The molecule has 1 atom stereocenters. The van der Waals surface area contributed by atoms with Crippen molar-refractivity contribution in [3.8, 4) is 5.75 Å². The number of rotatable bonds is 10. The lowest BCUT2D eigenvalue weighted by Gasteiger charge is -2.20. The Morgan fingerprint density at radius 1 is 0.848 bits per heavy atom. The summed E-state index contributed by atoms with van der Waals surface area (Å²) in [6.07, 6.45) is -0.104. The van der Waals surface area contributed by atoms with Gasteiger partial charge in [0.2, 0.25) is 0 Å². The third-order valence-electron chi connectivity index (χ3n) is 5.25. The average Bonchev–Trinajstić information content (AvgIpc) is 2.84. The molecule has 0 bridgehead atoms. The summed E-state index contributed by atoms with van der Waals surface area (Å²) < 4.78 is 10.4. The van der Waals surface area contributed by atoms with Crippen molar-refractivity contribution >= 4 is 23.2 Å². The number of nitrogens with one attached hydrogen (secondary N) is 1. The van der Waals surface area contributed by atoms with E-state index in [0.29, 0.717) is 16.9 Å². The van der Waals surface area contributed by atoms with Gasteiger partial charge in [0.1, 0.15) is 11.8 Å². The maximum absolute atomic E-state index is 12.9. The zero-order valence-corrected chi connectivity index (χ0v) is 19.0. The molecule has 1 N–H and O–H groups in total. The van der Waals surface area contributed by atoms with E-state index in [1.165, 1.54) is 0 Å². The normalized spacial score (nSPS) is 11.4. The molecule has 33 heavy (non-hydrogen) atoms. The number of aryl methyl sites for hydroxylation is 2. The van der Waals surface area contributed by atoms with E-state index in [-0.39, 0.29) is 18.0 Å². The standard InChI is InChI=1S/C27H27NO5/c1-18-9-10-19(2)23(15-18)28-24(16-25(29)20-7-5-4-6-8-20)27(31)33-17-26(30)21-11-13-22(32-3)14-12-21/h4-15,24,28H,16-17H2,1-3H3/t24-/m1/s1. The molecular weight excluding hydrogens is 418 g/mol. The van der Waals surface area contributed by atoms with Crippen LogP contribution in [0.2, 0.25) is 0 Å². The van der Waals surface area contributed by atoms with Gasteiger partial charge in [0.25, 0.3) is 0 Å². The Hall–Kier alpha value is -3.93. The van der Waals surface area contributed by atoms with Crippen molar-refractivity contribution in [3.05, 3.63) is 95.1 Å². The van der Waals surface area contributed by atoms with Crippen molar-refractivity contribution in [2.24, 2.45) is 0 Å². The summed E-state index contributed by atoms with van der Waals surface area (Å²) in [6, 6.07) is 20.2. The predicted octanol–water partition coefficient (Wildman–Crippen LogP) is 4.79. The van der Waals surface area contributed by atoms with Gasteiger partial charge in [-0.15, -0.1) is 0 Å². The van der Waals surface area contributed by atoms with Gasteiger partial charge in [-0.1, -0.05) is 42.5 Å². The Kier molecular flexibility index (Phi) is 7.97. The summed E-state index contributed by atoms with van der Waals surface area (Å²) in [4.78, 5) is 38.2. The molecule has 3 rings (SSSR count). The van der Waals surface area contributed by atoms with Crippen molar-refractivity contribution in [2.45, 2.75) is 26.3 Å². The van der Waals surface area contributed by atoms with Gasteiger partial charge < -0.3 is 14.8 Å². The smallest absolute Gasteiger partial charge is 0.329 e. The summed E-state index contributed by atoms with van der Waals surface area (Å²) in [7, 11) is 1.54. The maximum Gasteiger partial charge on any atom is 0.329 e. The van der Waals surface area contributed by atoms with Gasteiger partial charge in [-0.25, -0.2) is 4.79 Å². The fourth-order valence-corrected chi connectivity index (χ4v) is 3.30. The molecule has 170 valence electrons. The molecule has 0 aliphatic heterocycles. The second-order valence-electron chi connectivity index (χ2n) is 7.77. The van der Waals surface area contributed by atoms with E-state index < -0.39 is 18.6 Å². The number of hydrogen-bond donors (Lipinski definition) is 1. The molecule has 0 saturated heterocycles. The van der Waals surface area contributed by atoms with Crippen LogP contribution in [0.5, 0.6) is 5.75 Å². The van der Waals surface area contributed by atoms with Crippen LogP contribution in [-0.4, -0.2) is 37.3 Å². The minimum atomic E-state index is -0.943. The van der Waals surface area contributed by atoms with Crippen LogP contribution in [0, 0.1) is 13.8 Å². The monoisotopic (exact) mass is 445 g/mol. The molecule has 0 heterocycles. The van der Waals surface area contributed by atoms with Crippen molar-refractivity contribution in [2.75, 3.05) is 19.0 Å². The minimum absolute atomic E-state index is 0.104. The fraction of sp³-hybridized carbons (Fsp3) is 0.222. The average molecular weight is 446 g/mol. The highest BCUT2D eigenvalue weighted by atomic mass is 16.5. The van der Waals surface area contributed by atoms with Gasteiger partial charge in [-0.2, -0.15) is 0 Å². The lowest BCUT2D eigenvalue weighted by atomic mass is 10.0. The topological polar surface area (TPSA) is 81.7 Å². The van der Waals surface area contributed by atoms with Crippen molar-refractivity contribution < 1.29 is 23.9 Å². The summed E-state index contributed by atoms with van der Waals surface area (Å²) in [6.45, 7) is 3.44. The Morgan fingerprint density at radius 2 is 1.52 bits per heavy atom. The number of carbonyl (C=O) groups is 3. The summed E-state index contributed by atoms with van der Waals surface area (Å²) in [5.74, 6) is -0.578. The molecule has 0 aromatic heterocycles. The second kappa shape index (κ2) is 11.1. The fourth-order valence-electron chi connectivity index (χ4n) is 3.30. The van der Waals surface area contributed by atoms with Crippen LogP contribution in [0.4, 0.5) is 5.69 Å². The first-order valence-electron chi connectivity index (χ1n) is 10.6. The van der Waals surface area contributed by atoms with Gasteiger partial charge >= 0.3 is 5.97 Å². The third kappa shape index (κ3) is 6.53. The van der Waals surface area contributed by atoms with Crippen LogP contribution in [0.3, 0.4) is 0 Å². The number of ketones is 2. The molecule has 0 amide bonds. The number of benzene rings is 3. The number of esters is 1. The van der Waals surface area contributed by atoms with E-state index in [4.69, 9.17) is 9.47 Å². The lowest BCUT2D eigenvalue weighted by molar-refractivity contribution is -0.143. The third-order valence-corrected chi connectivity index (χ3v) is 5.25. The van der Waals surface area contributed by atoms with Crippen LogP contribution in [-0.2, 0) is 9.53 Å². The number of hydrogen-bond acceptors (Lipinski definition) is 6. The Morgan fingerprint density at radius 3 is 2.18 bits per heavy atom. The summed E-state index contributed by atoms with van der Waals surface area (Å²) in [5, 5.41) is 3.14. The van der Waals surface area contributed by atoms with Crippen LogP contribution in [0.25, 0.3) is 0 Å². The van der Waals surface area contributed by atoms with E-state index in [1.54, 1.807) is 55.6 Å². The molecule has 3 aromatic rings. The van der Waals surface area contributed by atoms with Crippen LogP contribution in [0.1, 0.15) is 38.3 Å². The second-order valence-corrected chi connectivity index (χ2v) is 7.77. The molecule has 0 spiro atoms. The molecule has 6 heteroatoms. The Balaban J connectivity index is 1.73. The SMILES string of the molecule is COc1ccc(C(=O)COC(=O)[C@@H](CC(=O)c2ccccc2)Nc2cc(C)ccc2C)cc1. The largest absolute Gasteiger partial charge is 0.497 e. The Bertz CT molecular complexity index is 1120. The van der Waals surface area contributed by atoms with Gasteiger partial charge in [-0.3, -0.25) is 9.59 Å². The summed E-state index contributed by atoms with van der Waals surface area (Å²) >= 11 is 0. The number of Topliss-reactive ketones (excluding diaryl/α,β-unsaturated/α-hetero) is 2. The summed E-state index contributed by atoms with van der Waals surface area (Å²) in [5.41, 5.74) is 3.59. The number of anilines is 1. The van der Waals surface area contributed by atoms with Crippen LogP contribution >= 0.6 is 0 Å². The molecule has 0 aliphatic rings.